The number of benzene rings is 1. The quantitative estimate of drug-likeness (QED) is 0.783. The number of nitriles is 1. The minimum absolute atomic E-state index is 0.0916. The Morgan fingerprint density at radius 1 is 1.44 bits per heavy atom. The lowest BCUT2D eigenvalue weighted by molar-refractivity contribution is -0.274. The number of halogens is 3. The van der Waals surface area contributed by atoms with Gasteiger partial charge in [-0.25, -0.2) is 4.79 Å². The van der Waals surface area contributed by atoms with E-state index in [1.54, 1.807) is 6.92 Å². The predicted octanol–water partition coefficient (Wildman–Crippen LogP) is 2.63. The molecule has 1 aromatic carbocycles. The smallest absolute Gasteiger partial charge is 0.462 e. The number of hydrogen-bond acceptors (Lipinski definition) is 4. The average molecular weight is 259 g/mol. The monoisotopic (exact) mass is 259 g/mol. The highest BCUT2D eigenvalue weighted by Crippen LogP contribution is 2.27. The van der Waals surface area contributed by atoms with Crippen molar-refractivity contribution in [2.24, 2.45) is 0 Å². The summed E-state index contributed by atoms with van der Waals surface area (Å²) in [6.45, 7) is 1.66. The van der Waals surface area contributed by atoms with Crippen molar-refractivity contribution in [3.63, 3.8) is 0 Å². The van der Waals surface area contributed by atoms with Gasteiger partial charge in [-0.3, -0.25) is 0 Å². The summed E-state index contributed by atoms with van der Waals surface area (Å²) in [5.74, 6) is -1.51. The molecule has 0 heterocycles. The van der Waals surface area contributed by atoms with Gasteiger partial charge in [0.15, 0.2) is 0 Å². The first kappa shape index (κ1) is 13.8. The maximum absolute atomic E-state index is 12.1. The maximum atomic E-state index is 12.1. The van der Waals surface area contributed by atoms with E-state index in [1.807, 2.05) is 0 Å². The zero-order valence-electron chi connectivity index (χ0n) is 9.25. The molecule has 4 nitrogen and oxygen atoms in total. The molecule has 96 valence electrons. The van der Waals surface area contributed by atoms with Crippen LogP contribution in [0.5, 0.6) is 5.75 Å². The molecule has 0 aromatic heterocycles. The van der Waals surface area contributed by atoms with Crippen LogP contribution in [-0.2, 0) is 4.74 Å². The number of rotatable bonds is 3. The number of esters is 1. The van der Waals surface area contributed by atoms with E-state index in [1.165, 1.54) is 12.1 Å². The molecule has 0 aliphatic rings. The Labute approximate surface area is 101 Å². The molecule has 0 N–H and O–H groups in total. The van der Waals surface area contributed by atoms with Crippen LogP contribution >= 0.6 is 0 Å². The lowest BCUT2D eigenvalue weighted by Crippen LogP contribution is -2.18. The number of hydrogen-bond donors (Lipinski definition) is 0. The Bertz CT molecular complexity index is 491. The summed E-state index contributed by atoms with van der Waals surface area (Å²) in [6.07, 6.45) is -4.93. The van der Waals surface area contributed by atoms with E-state index < -0.39 is 18.1 Å². The number of carbonyl (C=O) groups excluding carboxylic acids is 1. The van der Waals surface area contributed by atoms with E-state index in [0.29, 0.717) is 0 Å². The molecule has 0 atom stereocenters. The van der Waals surface area contributed by atoms with Crippen LogP contribution in [0, 0.1) is 11.3 Å². The molecule has 1 rings (SSSR count). The van der Waals surface area contributed by atoms with E-state index >= 15 is 0 Å². The second-order valence-corrected chi connectivity index (χ2v) is 3.09. The summed E-state index contributed by atoms with van der Waals surface area (Å²) in [5, 5.41) is 8.63. The van der Waals surface area contributed by atoms with E-state index in [9.17, 15) is 18.0 Å². The summed E-state index contributed by atoms with van der Waals surface area (Å²) in [7, 11) is 0. The van der Waals surface area contributed by atoms with Crippen LogP contribution in [0.1, 0.15) is 22.8 Å². The van der Waals surface area contributed by atoms with E-state index in [0.717, 1.165) is 12.1 Å². The Kier molecular flexibility index (Phi) is 4.15. The van der Waals surface area contributed by atoms with Gasteiger partial charge in [-0.15, -0.1) is 13.2 Å². The van der Waals surface area contributed by atoms with Crippen molar-refractivity contribution in [2.75, 3.05) is 6.61 Å². The molecule has 0 saturated carbocycles. The Morgan fingerprint density at radius 3 is 2.61 bits per heavy atom. The van der Waals surface area contributed by atoms with Gasteiger partial charge in [0.05, 0.1) is 17.7 Å². The van der Waals surface area contributed by atoms with Gasteiger partial charge in [-0.1, -0.05) is 0 Å². The van der Waals surface area contributed by atoms with Gasteiger partial charge in [0, 0.05) is 0 Å². The second kappa shape index (κ2) is 5.40. The van der Waals surface area contributed by atoms with Crippen LogP contribution in [0.15, 0.2) is 18.2 Å². The highest BCUT2D eigenvalue weighted by atomic mass is 19.4. The zero-order valence-corrected chi connectivity index (χ0v) is 9.25. The minimum Gasteiger partial charge on any atom is -0.462 e. The number of ether oxygens (including phenoxy) is 2. The van der Waals surface area contributed by atoms with Gasteiger partial charge in [0.2, 0.25) is 0 Å². The van der Waals surface area contributed by atoms with Gasteiger partial charge in [-0.2, -0.15) is 5.26 Å². The number of alkyl halides is 3. The van der Waals surface area contributed by atoms with Crippen LogP contribution in [-0.4, -0.2) is 18.9 Å². The van der Waals surface area contributed by atoms with Gasteiger partial charge in [0.1, 0.15) is 11.8 Å². The lowest BCUT2D eigenvalue weighted by atomic mass is 10.1. The summed E-state index contributed by atoms with van der Waals surface area (Å²) >= 11 is 0. The van der Waals surface area contributed by atoms with Gasteiger partial charge in [-0.05, 0) is 25.1 Å². The molecule has 0 bridgehead atoms. The van der Waals surface area contributed by atoms with Crippen molar-refractivity contribution in [2.45, 2.75) is 13.3 Å². The van der Waals surface area contributed by atoms with E-state index in [-0.39, 0.29) is 17.7 Å². The van der Waals surface area contributed by atoms with Crippen molar-refractivity contribution < 1.29 is 27.4 Å². The highest BCUT2D eigenvalue weighted by molar-refractivity contribution is 5.90. The molecule has 0 radical (unpaired) electrons. The summed E-state index contributed by atoms with van der Waals surface area (Å²) in [6, 6.07) is 4.62. The average Bonchev–Trinajstić information content (AvgIpc) is 2.27. The van der Waals surface area contributed by atoms with Crippen molar-refractivity contribution in [1.82, 2.24) is 0 Å². The summed E-state index contributed by atoms with van der Waals surface area (Å²) < 4.78 is 44.6. The molecule has 1 aromatic rings. The van der Waals surface area contributed by atoms with E-state index in [4.69, 9.17) is 5.26 Å². The fraction of sp³-hybridized carbons (Fsp3) is 0.273. The number of nitrogens with zero attached hydrogens (tertiary/aromatic N) is 1. The molecule has 7 heteroatoms. The maximum Gasteiger partial charge on any atom is 0.573 e. The fourth-order valence-corrected chi connectivity index (χ4v) is 1.17. The third-order valence-electron chi connectivity index (χ3n) is 1.84. The third kappa shape index (κ3) is 3.66. The normalized spacial score (nSPS) is 10.6. The largest absolute Gasteiger partial charge is 0.573 e. The molecule has 0 aliphatic heterocycles. The molecule has 0 aliphatic carbocycles. The van der Waals surface area contributed by atoms with Crippen molar-refractivity contribution in [3.05, 3.63) is 29.3 Å². The zero-order chi connectivity index (χ0) is 13.8. The summed E-state index contributed by atoms with van der Waals surface area (Å²) in [5.41, 5.74) is -0.435. The third-order valence-corrected chi connectivity index (χ3v) is 1.84. The first-order chi connectivity index (χ1) is 8.37. The van der Waals surface area contributed by atoms with Gasteiger partial charge >= 0.3 is 12.3 Å². The molecular weight excluding hydrogens is 251 g/mol. The Balaban J connectivity index is 3.10. The number of carbonyl (C=O) groups is 1. The van der Waals surface area contributed by atoms with Crippen molar-refractivity contribution in [1.29, 1.82) is 5.26 Å². The highest BCUT2D eigenvalue weighted by Gasteiger charge is 2.32. The second-order valence-electron chi connectivity index (χ2n) is 3.09. The topological polar surface area (TPSA) is 59.3 Å². The molecule has 0 saturated heterocycles. The van der Waals surface area contributed by atoms with E-state index in [2.05, 4.69) is 9.47 Å². The molecule has 0 unspecified atom stereocenters. The first-order valence-corrected chi connectivity index (χ1v) is 4.84. The SMILES string of the molecule is CCOC(=O)c1ccc(C#N)c(OC(F)(F)F)c1. The summed E-state index contributed by atoms with van der Waals surface area (Å²) in [4.78, 5) is 11.3. The Hall–Kier alpha value is -2.23. The minimum atomic E-state index is -4.93. The van der Waals surface area contributed by atoms with Crippen LogP contribution < -0.4 is 4.74 Å². The molecular formula is C11H8F3NO3. The van der Waals surface area contributed by atoms with Gasteiger partial charge < -0.3 is 9.47 Å². The molecule has 0 amide bonds. The fourth-order valence-electron chi connectivity index (χ4n) is 1.17. The van der Waals surface area contributed by atoms with Gasteiger partial charge in [0.25, 0.3) is 0 Å². The standard InChI is InChI=1S/C11H8F3NO3/c1-2-17-10(16)7-3-4-8(6-15)9(5-7)18-11(12,13)14/h3-5H,2H2,1H3. The van der Waals surface area contributed by atoms with Crippen LogP contribution in [0.2, 0.25) is 0 Å². The lowest BCUT2D eigenvalue weighted by Gasteiger charge is -2.11. The van der Waals surface area contributed by atoms with Crippen LogP contribution in [0.4, 0.5) is 13.2 Å². The van der Waals surface area contributed by atoms with Crippen molar-refractivity contribution >= 4 is 5.97 Å². The van der Waals surface area contributed by atoms with Crippen molar-refractivity contribution in [3.8, 4) is 11.8 Å². The van der Waals surface area contributed by atoms with Crippen LogP contribution in [0.25, 0.3) is 0 Å². The first-order valence-electron chi connectivity index (χ1n) is 4.84. The molecule has 18 heavy (non-hydrogen) atoms. The molecule has 0 fully saturated rings. The Morgan fingerprint density at radius 2 is 2.11 bits per heavy atom. The molecule has 0 spiro atoms. The van der Waals surface area contributed by atoms with Crippen LogP contribution in [0.3, 0.4) is 0 Å². The predicted molar refractivity (Wildman–Crippen MR) is 53.8 cm³/mol.